The van der Waals surface area contributed by atoms with Gasteiger partial charge in [0.15, 0.2) is 0 Å². The molecule has 1 atom stereocenters. The molecule has 1 aromatic carbocycles. The lowest BCUT2D eigenvalue weighted by atomic mass is 9.86. The predicted octanol–water partition coefficient (Wildman–Crippen LogP) is 2.25. The topological polar surface area (TPSA) is 93.4 Å². The first-order valence-electron chi connectivity index (χ1n) is 8.89. The summed E-state index contributed by atoms with van der Waals surface area (Å²) in [4.78, 5) is 23.7. The molecular formula is C19H28N3O3. The van der Waals surface area contributed by atoms with E-state index in [4.69, 9.17) is 10.5 Å². The fourth-order valence-corrected chi connectivity index (χ4v) is 3.08. The van der Waals surface area contributed by atoms with Crippen molar-refractivity contribution < 1.29 is 14.3 Å². The molecule has 0 spiro atoms. The number of nitrogens with two attached hydrogens (primary N) is 1. The SMILES string of the molecule is COc1ccc(NC[C@H](NC(=O)[CH]CC2CCCCC2)C(N)=O)cc1. The average molecular weight is 346 g/mol. The molecule has 1 fully saturated rings. The van der Waals surface area contributed by atoms with Crippen LogP contribution in [0.25, 0.3) is 0 Å². The minimum atomic E-state index is -0.753. The van der Waals surface area contributed by atoms with Crippen molar-refractivity contribution >= 4 is 17.5 Å². The highest BCUT2D eigenvalue weighted by Gasteiger charge is 2.20. The highest BCUT2D eigenvalue weighted by atomic mass is 16.5. The lowest BCUT2D eigenvalue weighted by Crippen LogP contribution is -2.48. The van der Waals surface area contributed by atoms with Gasteiger partial charge < -0.3 is 21.1 Å². The van der Waals surface area contributed by atoms with Crippen LogP contribution in [0.2, 0.25) is 0 Å². The van der Waals surface area contributed by atoms with E-state index in [1.54, 1.807) is 13.5 Å². The fraction of sp³-hybridized carbons (Fsp3) is 0.526. The number of benzene rings is 1. The molecule has 0 aliphatic heterocycles. The molecule has 1 saturated carbocycles. The number of hydrogen-bond donors (Lipinski definition) is 3. The minimum Gasteiger partial charge on any atom is -0.497 e. The Morgan fingerprint density at radius 1 is 1.24 bits per heavy atom. The second-order valence-electron chi connectivity index (χ2n) is 6.52. The zero-order chi connectivity index (χ0) is 18.1. The predicted molar refractivity (Wildman–Crippen MR) is 98.1 cm³/mol. The van der Waals surface area contributed by atoms with Crippen LogP contribution in [0.4, 0.5) is 5.69 Å². The van der Waals surface area contributed by atoms with Gasteiger partial charge in [-0.25, -0.2) is 0 Å². The van der Waals surface area contributed by atoms with Crippen LogP contribution in [-0.2, 0) is 9.59 Å². The molecular weight excluding hydrogens is 318 g/mol. The van der Waals surface area contributed by atoms with E-state index < -0.39 is 11.9 Å². The summed E-state index contributed by atoms with van der Waals surface area (Å²) in [6.45, 7) is 0.241. The molecule has 6 nitrogen and oxygen atoms in total. The number of ether oxygens (including phenoxy) is 1. The van der Waals surface area contributed by atoms with Crippen LogP contribution in [0.1, 0.15) is 38.5 Å². The summed E-state index contributed by atoms with van der Waals surface area (Å²) < 4.78 is 5.10. The maximum absolute atomic E-state index is 12.1. The smallest absolute Gasteiger partial charge is 0.241 e. The molecule has 1 aliphatic carbocycles. The summed E-state index contributed by atoms with van der Waals surface area (Å²) in [5.74, 6) is 0.554. The van der Waals surface area contributed by atoms with Crippen LogP contribution in [-0.4, -0.2) is 31.5 Å². The van der Waals surface area contributed by atoms with Crippen molar-refractivity contribution in [2.24, 2.45) is 11.7 Å². The van der Waals surface area contributed by atoms with E-state index in [9.17, 15) is 9.59 Å². The first-order chi connectivity index (χ1) is 12.1. The summed E-state index contributed by atoms with van der Waals surface area (Å²) in [7, 11) is 1.60. The highest BCUT2D eigenvalue weighted by Crippen LogP contribution is 2.26. The standard InChI is InChI=1S/C19H28N3O3/c1-25-16-10-8-15(9-11-16)21-13-17(19(20)24)22-18(23)12-7-14-5-3-2-4-6-14/h8-12,14,17,21H,2-7,13H2,1H3,(H2,20,24)(H,22,23)/t17-/m0/s1. The van der Waals surface area contributed by atoms with Crippen molar-refractivity contribution in [3.63, 3.8) is 0 Å². The molecule has 0 aromatic heterocycles. The normalized spacial score (nSPS) is 16.0. The van der Waals surface area contributed by atoms with Gasteiger partial charge in [-0.15, -0.1) is 0 Å². The van der Waals surface area contributed by atoms with Crippen molar-refractivity contribution in [2.45, 2.75) is 44.6 Å². The van der Waals surface area contributed by atoms with E-state index >= 15 is 0 Å². The minimum absolute atomic E-state index is 0.231. The van der Waals surface area contributed by atoms with Crippen LogP contribution < -0.4 is 21.1 Å². The Kier molecular flexibility index (Phi) is 7.57. The molecule has 1 radical (unpaired) electrons. The second-order valence-corrected chi connectivity index (χ2v) is 6.52. The second kappa shape index (κ2) is 9.91. The van der Waals surface area contributed by atoms with Gasteiger partial charge in [-0.05, 0) is 36.6 Å². The lowest BCUT2D eigenvalue weighted by molar-refractivity contribution is -0.125. The van der Waals surface area contributed by atoms with Crippen LogP contribution in [0.3, 0.4) is 0 Å². The number of methoxy groups -OCH3 is 1. The molecule has 1 aliphatic rings. The molecule has 25 heavy (non-hydrogen) atoms. The number of primary amides is 1. The van der Waals surface area contributed by atoms with Gasteiger partial charge in [0.1, 0.15) is 11.8 Å². The molecule has 0 unspecified atom stereocenters. The number of hydrogen-bond acceptors (Lipinski definition) is 4. The zero-order valence-electron chi connectivity index (χ0n) is 14.8. The molecule has 137 valence electrons. The Morgan fingerprint density at radius 3 is 2.52 bits per heavy atom. The fourth-order valence-electron chi connectivity index (χ4n) is 3.08. The summed E-state index contributed by atoms with van der Waals surface area (Å²) in [6, 6.07) is 6.56. The Labute approximate surface area is 149 Å². The highest BCUT2D eigenvalue weighted by molar-refractivity contribution is 5.90. The molecule has 0 bridgehead atoms. The number of anilines is 1. The van der Waals surface area contributed by atoms with E-state index in [1.807, 2.05) is 24.3 Å². The Balaban J connectivity index is 1.76. The Morgan fingerprint density at radius 2 is 1.92 bits per heavy atom. The first-order valence-corrected chi connectivity index (χ1v) is 8.89. The Hall–Kier alpha value is -2.24. The molecule has 0 heterocycles. The van der Waals surface area contributed by atoms with Gasteiger partial charge in [0.05, 0.1) is 7.11 Å². The van der Waals surface area contributed by atoms with E-state index in [0.717, 1.165) is 17.9 Å². The van der Waals surface area contributed by atoms with E-state index in [1.165, 1.54) is 32.1 Å². The van der Waals surface area contributed by atoms with Crippen molar-refractivity contribution in [3.05, 3.63) is 30.7 Å². The summed E-state index contributed by atoms with van der Waals surface area (Å²) in [5.41, 5.74) is 6.23. The van der Waals surface area contributed by atoms with Crippen molar-refractivity contribution in [1.29, 1.82) is 0 Å². The Bertz CT molecular complexity index is 554. The molecule has 4 N–H and O–H groups in total. The monoisotopic (exact) mass is 346 g/mol. The van der Waals surface area contributed by atoms with Gasteiger partial charge in [0.2, 0.25) is 11.8 Å². The van der Waals surface area contributed by atoms with Gasteiger partial charge in [0, 0.05) is 18.7 Å². The van der Waals surface area contributed by atoms with E-state index in [2.05, 4.69) is 10.6 Å². The third-order valence-corrected chi connectivity index (χ3v) is 4.62. The van der Waals surface area contributed by atoms with Gasteiger partial charge in [-0.2, -0.15) is 0 Å². The maximum Gasteiger partial charge on any atom is 0.241 e. The summed E-state index contributed by atoms with van der Waals surface area (Å²) >= 11 is 0. The molecule has 0 saturated heterocycles. The summed E-state index contributed by atoms with van der Waals surface area (Å²) in [5, 5.41) is 5.80. The molecule has 6 heteroatoms. The lowest BCUT2D eigenvalue weighted by Gasteiger charge is -2.21. The number of carbonyl (C=O) groups is 2. The van der Waals surface area contributed by atoms with E-state index in [-0.39, 0.29) is 12.5 Å². The maximum atomic E-state index is 12.1. The summed E-state index contributed by atoms with van der Waals surface area (Å²) in [6.07, 6.45) is 8.57. The first kappa shape index (κ1) is 19.1. The third kappa shape index (κ3) is 6.64. The van der Waals surface area contributed by atoms with Crippen LogP contribution in [0.5, 0.6) is 5.75 Å². The van der Waals surface area contributed by atoms with Crippen molar-refractivity contribution in [3.8, 4) is 5.75 Å². The molecule has 2 rings (SSSR count). The number of carbonyl (C=O) groups excluding carboxylic acids is 2. The number of rotatable bonds is 9. The quantitative estimate of drug-likeness (QED) is 0.639. The largest absolute Gasteiger partial charge is 0.497 e. The van der Waals surface area contributed by atoms with Crippen molar-refractivity contribution in [2.75, 3.05) is 19.0 Å². The number of amides is 2. The number of nitrogens with one attached hydrogen (secondary N) is 2. The van der Waals surface area contributed by atoms with Crippen LogP contribution in [0, 0.1) is 12.3 Å². The van der Waals surface area contributed by atoms with Crippen molar-refractivity contribution in [1.82, 2.24) is 5.32 Å². The third-order valence-electron chi connectivity index (χ3n) is 4.62. The van der Waals surface area contributed by atoms with Crippen LogP contribution >= 0.6 is 0 Å². The van der Waals surface area contributed by atoms with Crippen LogP contribution in [0.15, 0.2) is 24.3 Å². The van der Waals surface area contributed by atoms with Gasteiger partial charge in [-0.1, -0.05) is 32.1 Å². The molecule has 2 amide bonds. The van der Waals surface area contributed by atoms with Gasteiger partial charge in [0.25, 0.3) is 0 Å². The molecule has 1 aromatic rings. The zero-order valence-corrected chi connectivity index (χ0v) is 14.8. The van der Waals surface area contributed by atoms with E-state index in [0.29, 0.717) is 5.92 Å². The van der Waals surface area contributed by atoms with Gasteiger partial charge >= 0.3 is 0 Å². The van der Waals surface area contributed by atoms with Gasteiger partial charge in [-0.3, -0.25) is 9.59 Å². The average Bonchev–Trinajstić information content (AvgIpc) is 2.64.